The summed E-state index contributed by atoms with van der Waals surface area (Å²) in [5.41, 5.74) is 4.97. The van der Waals surface area contributed by atoms with Crippen molar-refractivity contribution in [2.24, 2.45) is 0 Å². The average Bonchev–Trinajstić information content (AvgIpc) is 3.35. The van der Waals surface area contributed by atoms with E-state index in [1.54, 1.807) is 24.7 Å². The van der Waals surface area contributed by atoms with Crippen molar-refractivity contribution in [3.05, 3.63) is 87.8 Å². The Morgan fingerprint density at radius 1 is 1.03 bits per heavy atom. The zero-order valence-corrected chi connectivity index (χ0v) is 18.2. The molecule has 2 heterocycles. The molecule has 4 rings (SSSR count). The number of rotatable bonds is 6. The third kappa shape index (κ3) is 4.20. The van der Waals surface area contributed by atoms with Crippen LogP contribution in [0.4, 0.5) is 0 Å². The first-order valence-electron chi connectivity index (χ1n) is 10.4. The highest BCUT2D eigenvalue weighted by atomic mass is 16.2. The second-order valence-electron chi connectivity index (χ2n) is 7.69. The number of hydrogen-bond donors (Lipinski definition) is 1. The Balaban J connectivity index is 1.63. The minimum absolute atomic E-state index is 0.173. The summed E-state index contributed by atoms with van der Waals surface area (Å²) in [7, 11) is 3.36. The van der Waals surface area contributed by atoms with E-state index in [1.165, 1.54) is 11.0 Å². The number of H-pyrrole nitrogens is 1. The lowest BCUT2D eigenvalue weighted by Gasteiger charge is -2.16. The van der Waals surface area contributed by atoms with Gasteiger partial charge in [-0.1, -0.05) is 55.5 Å². The first-order chi connectivity index (χ1) is 15.5. The van der Waals surface area contributed by atoms with Gasteiger partial charge in [-0.05, 0) is 34.4 Å². The molecule has 0 radical (unpaired) electrons. The molecule has 0 unspecified atom stereocenters. The topological polar surface area (TPSA) is 96.8 Å². The van der Waals surface area contributed by atoms with Gasteiger partial charge < -0.3 is 9.47 Å². The van der Waals surface area contributed by atoms with Crippen molar-refractivity contribution in [2.45, 2.75) is 19.9 Å². The number of amides is 1. The number of nitrogens with one attached hydrogen (secondary N) is 1. The quantitative estimate of drug-likeness (QED) is 0.509. The van der Waals surface area contributed by atoms with Crippen LogP contribution in [0.5, 0.6) is 0 Å². The van der Waals surface area contributed by atoms with Crippen LogP contribution in [0.2, 0.25) is 0 Å². The average molecular weight is 428 g/mol. The standard InChI is InChI=1S/C24H24N6O2/c1-4-19-13-18(24(32)29(2)3)14-22(31)30(19)15-16-9-11-17(12-10-16)20-7-5-6-8-21(20)23-25-27-28-26-23/h5-14H,4,15H2,1-3H3,(H,25,26,27,28). The van der Waals surface area contributed by atoms with Gasteiger partial charge in [0.25, 0.3) is 11.5 Å². The van der Waals surface area contributed by atoms with Crippen molar-refractivity contribution in [1.82, 2.24) is 30.1 Å². The molecule has 2 aromatic heterocycles. The van der Waals surface area contributed by atoms with Gasteiger partial charge in [-0.25, -0.2) is 0 Å². The Kier molecular flexibility index (Phi) is 5.93. The van der Waals surface area contributed by atoms with Crippen LogP contribution in [-0.2, 0) is 13.0 Å². The molecule has 0 saturated heterocycles. The van der Waals surface area contributed by atoms with Crippen LogP contribution >= 0.6 is 0 Å². The zero-order chi connectivity index (χ0) is 22.7. The molecular formula is C24H24N6O2. The molecule has 0 saturated carbocycles. The summed E-state index contributed by atoms with van der Waals surface area (Å²) >= 11 is 0. The van der Waals surface area contributed by atoms with Crippen molar-refractivity contribution in [3.8, 4) is 22.5 Å². The molecule has 1 N–H and O–H groups in total. The number of aromatic amines is 1. The number of hydrogen-bond acceptors (Lipinski definition) is 5. The van der Waals surface area contributed by atoms with Crippen LogP contribution in [-0.4, -0.2) is 50.1 Å². The number of carbonyl (C=O) groups is 1. The number of benzene rings is 2. The number of tetrazole rings is 1. The van der Waals surface area contributed by atoms with Crippen LogP contribution in [0.25, 0.3) is 22.5 Å². The number of pyridine rings is 1. The molecule has 8 nitrogen and oxygen atoms in total. The van der Waals surface area contributed by atoms with Crippen molar-refractivity contribution in [2.75, 3.05) is 14.1 Å². The normalized spacial score (nSPS) is 10.8. The van der Waals surface area contributed by atoms with Crippen molar-refractivity contribution in [3.63, 3.8) is 0 Å². The highest BCUT2D eigenvalue weighted by molar-refractivity contribution is 5.93. The number of aromatic nitrogens is 5. The maximum absolute atomic E-state index is 12.8. The Morgan fingerprint density at radius 3 is 2.38 bits per heavy atom. The van der Waals surface area contributed by atoms with E-state index in [0.29, 0.717) is 24.4 Å². The van der Waals surface area contributed by atoms with Crippen LogP contribution in [0.3, 0.4) is 0 Å². The fourth-order valence-electron chi connectivity index (χ4n) is 3.68. The van der Waals surface area contributed by atoms with E-state index in [1.807, 2.05) is 55.5 Å². The molecule has 0 aliphatic rings. The molecular weight excluding hydrogens is 404 g/mol. The molecule has 0 spiro atoms. The van der Waals surface area contributed by atoms with Gasteiger partial charge in [-0.3, -0.25) is 9.59 Å². The Bertz CT molecular complexity index is 1290. The Morgan fingerprint density at radius 2 is 1.75 bits per heavy atom. The molecule has 0 bridgehead atoms. The van der Waals surface area contributed by atoms with Crippen LogP contribution < -0.4 is 5.56 Å². The third-order valence-corrected chi connectivity index (χ3v) is 5.35. The second kappa shape index (κ2) is 8.97. The summed E-state index contributed by atoms with van der Waals surface area (Å²) in [5, 5.41) is 14.3. The van der Waals surface area contributed by atoms with Gasteiger partial charge >= 0.3 is 0 Å². The fraction of sp³-hybridized carbons (Fsp3) is 0.208. The smallest absolute Gasteiger partial charge is 0.253 e. The lowest BCUT2D eigenvalue weighted by molar-refractivity contribution is 0.0827. The minimum Gasteiger partial charge on any atom is -0.345 e. The van der Waals surface area contributed by atoms with Crippen LogP contribution in [0.1, 0.15) is 28.5 Å². The predicted octanol–water partition coefficient (Wildman–Crippen LogP) is 3.01. The maximum Gasteiger partial charge on any atom is 0.253 e. The molecule has 2 aromatic carbocycles. The molecule has 0 fully saturated rings. The fourth-order valence-corrected chi connectivity index (χ4v) is 3.68. The number of carbonyl (C=O) groups excluding carboxylic acids is 1. The van der Waals surface area contributed by atoms with Crippen LogP contribution in [0.15, 0.2) is 65.5 Å². The first kappa shape index (κ1) is 21.2. The largest absolute Gasteiger partial charge is 0.345 e. The summed E-state index contributed by atoms with van der Waals surface area (Å²) in [6.45, 7) is 2.42. The monoisotopic (exact) mass is 428 g/mol. The van der Waals surface area contributed by atoms with E-state index >= 15 is 0 Å². The van der Waals surface area contributed by atoms with E-state index < -0.39 is 0 Å². The molecule has 0 atom stereocenters. The first-order valence-corrected chi connectivity index (χ1v) is 10.4. The molecule has 4 aromatic rings. The minimum atomic E-state index is -0.180. The van der Waals surface area contributed by atoms with Crippen molar-refractivity contribution < 1.29 is 4.79 Å². The van der Waals surface area contributed by atoms with E-state index in [9.17, 15) is 9.59 Å². The molecule has 162 valence electrons. The van der Waals surface area contributed by atoms with E-state index in [0.717, 1.165) is 27.9 Å². The lowest BCUT2D eigenvalue weighted by Crippen LogP contribution is -2.28. The molecule has 0 aliphatic carbocycles. The van der Waals surface area contributed by atoms with E-state index in [2.05, 4.69) is 20.6 Å². The summed E-state index contributed by atoms with van der Waals surface area (Å²) in [5.74, 6) is 0.366. The van der Waals surface area contributed by atoms with Gasteiger partial charge in [0.05, 0.1) is 6.54 Å². The lowest BCUT2D eigenvalue weighted by atomic mass is 9.98. The van der Waals surface area contributed by atoms with Crippen molar-refractivity contribution in [1.29, 1.82) is 0 Å². The van der Waals surface area contributed by atoms with Gasteiger partial charge in [-0.2, -0.15) is 5.21 Å². The molecule has 1 amide bonds. The molecule has 0 aliphatic heterocycles. The summed E-state index contributed by atoms with van der Waals surface area (Å²) in [6, 6.07) is 19.2. The van der Waals surface area contributed by atoms with Gasteiger partial charge in [0.15, 0.2) is 0 Å². The maximum atomic E-state index is 12.8. The SMILES string of the molecule is CCc1cc(C(=O)N(C)C)cc(=O)n1Cc1ccc(-c2ccccc2-c2nn[nH]n2)cc1. The molecule has 32 heavy (non-hydrogen) atoms. The molecule has 8 heteroatoms. The third-order valence-electron chi connectivity index (χ3n) is 5.35. The van der Waals surface area contributed by atoms with Crippen molar-refractivity contribution >= 4 is 5.91 Å². The van der Waals surface area contributed by atoms with Gasteiger partial charge in [0.1, 0.15) is 0 Å². The van der Waals surface area contributed by atoms with Gasteiger partial charge in [0, 0.05) is 37.0 Å². The summed E-state index contributed by atoms with van der Waals surface area (Å²) in [4.78, 5) is 26.5. The highest BCUT2D eigenvalue weighted by Crippen LogP contribution is 2.29. The summed E-state index contributed by atoms with van der Waals surface area (Å²) in [6.07, 6.45) is 0.653. The van der Waals surface area contributed by atoms with E-state index in [-0.39, 0.29) is 11.5 Å². The highest BCUT2D eigenvalue weighted by Gasteiger charge is 2.14. The van der Waals surface area contributed by atoms with E-state index in [4.69, 9.17) is 0 Å². The Hall–Kier alpha value is -4.07. The summed E-state index contributed by atoms with van der Waals surface area (Å²) < 4.78 is 1.72. The van der Waals surface area contributed by atoms with Crippen LogP contribution in [0, 0.1) is 0 Å². The Labute approximate surface area is 185 Å². The zero-order valence-electron chi connectivity index (χ0n) is 18.2. The van der Waals surface area contributed by atoms with Gasteiger partial charge in [-0.15, -0.1) is 10.2 Å². The van der Waals surface area contributed by atoms with Gasteiger partial charge in [0.2, 0.25) is 5.82 Å². The number of aryl methyl sites for hydroxylation is 1. The number of nitrogens with zero attached hydrogens (tertiary/aromatic N) is 5. The second-order valence-corrected chi connectivity index (χ2v) is 7.69. The predicted molar refractivity (Wildman–Crippen MR) is 122 cm³/mol.